The van der Waals surface area contributed by atoms with Gasteiger partial charge in [0.2, 0.25) is 18.6 Å². The van der Waals surface area contributed by atoms with Gasteiger partial charge in [-0.25, -0.2) is 9.79 Å². The predicted octanol–water partition coefficient (Wildman–Crippen LogP) is 3.25. The second kappa shape index (κ2) is 10.6. The van der Waals surface area contributed by atoms with Crippen LogP contribution in [0.5, 0.6) is 11.5 Å². The van der Waals surface area contributed by atoms with E-state index in [9.17, 15) is 14.4 Å². The van der Waals surface area contributed by atoms with Gasteiger partial charge in [0.1, 0.15) is 0 Å². The van der Waals surface area contributed by atoms with Gasteiger partial charge in [-0.15, -0.1) is 0 Å². The molecule has 178 valence electrons. The van der Waals surface area contributed by atoms with E-state index in [2.05, 4.69) is 10.3 Å². The minimum absolute atomic E-state index is 0.0713. The van der Waals surface area contributed by atoms with Gasteiger partial charge in [-0.1, -0.05) is 17.8 Å². The van der Waals surface area contributed by atoms with Crippen LogP contribution in [0.1, 0.15) is 36.2 Å². The number of fused-ring (bicyclic) bond motifs is 1. The maximum absolute atomic E-state index is 13.1. The van der Waals surface area contributed by atoms with Gasteiger partial charge in [-0.3, -0.25) is 14.5 Å². The Bertz CT molecular complexity index is 1120. The number of carbonyl (C=O) groups excluding carboxylic acids is 3. The number of esters is 1. The highest BCUT2D eigenvalue weighted by Crippen LogP contribution is 2.35. The second-order valence-electron chi connectivity index (χ2n) is 7.53. The molecule has 0 radical (unpaired) electrons. The Morgan fingerprint density at radius 2 is 1.91 bits per heavy atom. The summed E-state index contributed by atoms with van der Waals surface area (Å²) in [7, 11) is 0. The van der Waals surface area contributed by atoms with Gasteiger partial charge in [-0.05, 0) is 55.8 Å². The van der Waals surface area contributed by atoms with Gasteiger partial charge >= 0.3 is 5.97 Å². The fourth-order valence-corrected chi connectivity index (χ4v) is 4.63. The molecule has 2 aromatic carbocycles. The van der Waals surface area contributed by atoms with Crippen LogP contribution in [0, 0.1) is 0 Å². The van der Waals surface area contributed by atoms with E-state index in [0.717, 1.165) is 5.56 Å². The third-order valence-corrected chi connectivity index (χ3v) is 6.35. The Morgan fingerprint density at radius 1 is 1.15 bits per heavy atom. The summed E-state index contributed by atoms with van der Waals surface area (Å²) in [6.45, 7) is 4.78. The van der Waals surface area contributed by atoms with Gasteiger partial charge in [0, 0.05) is 13.0 Å². The molecule has 0 spiro atoms. The molecule has 2 heterocycles. The molecule has 1 atom stereocenters. The van der Waals surface area contributed by atoms with Crippen LogP contribution in [-0.2, 0) is 20.9 Å². The topological polar surface area (TPSA) is 107 Å². The first-order valence-corrected chi connectivity index (χ1v) is 11.9. The van der Waals surface area contributed by atoms with Crippen molar-refractivity contribution in [3.8, 4) is 11.5 Å². The average molecular weight is 484 g/mol. The van der Waals surface area contributed by atoms with Crippen molar-refractivity contribution in [2.24, 2.45) is 4.99 Å². The number of hydrogen-bond donors (Lipinski definition) is 1. The van der Waals surface area contributed by atoms with E-state index in [1.165, 1.54) is 11.8 Å². The van der Waals surface area contributed by atoms with Gasteiger partial charge in [0.15, 0.2) is 16.7 Å². The monoisotopic (exact) mass is 483 g/mol. The number of carbonyl (C=O) groups is 3. The molecule has 2 amide bonds. The van der Waals surface area contributed by atoms with Crippen LogP contribution >= 0.6 is 11.8 Å². The molecule has 2 aliphatic heterocycles. The van der Waals surface area contributed by atoms with E-state index in [1.54, 1.807) is 36.1 Å². The summed E-state index contributed by atoms with van der Waals surface area (Å²) in [5, 5.41) is 2.62. The summed E-state index contributed by atoms with van der Waals surface area (Å²) in [6.07, 6.45) is 0.0713. The third kappa shape index (κ3) is 5.33. The highest BCUT2D eigenvalue weighted by molar-refractivity contribution is 8.15. The molecule has 1 saturated heterocycles. The lowest BCUT2D eigenvalue weighted by Crippen LogP contribution is -2.46. The smallest absolute Gasteiger partial charge is 0.338 e. The predicted molar refractivity (Wildman–Crippen MR) is 127 cm³/mol. The maximum Gasteiger partial charge on any atom is 0.338 e. The highest BCUT2D eigenvalue weighted by atomic mass is 32.2. The fourth-order valence-electron chi connectivity index (χ4n) is 3.50. The van der Waals surface area contributed by atoms with E-state index in [0.29, 0.717) is 34.5 Å². The number of nitrogens with one attached hydrogen (secondary N) is 1. The third-order valence-electron chi connectivity index (χ3n) is 5.16. The Kier molecular flexibility index (Phi) is 7.36. The molecule has 0 saturated carbocycles. The van der Waals surface area contributed by atoms with Crippen molar-refractivity contribution in [1.29, 1.82) is 0 Å². The molecule has 0 aliphatic carbocycles. The minimum Gasteiger partial charge on any atom is -0.462 e. The zero-order valence-electron chi connectivity index (χ0n) is 18.9. The van der Waals surface area contributed by atoms with Gasteiger partial charge in [-0.2, -0.15) is 0 Å². The normalized spacial score (nSPS) is 18.2. The summed E-state index contributed by atoms with van der Waals surface area (Å²) in [4.78, 5) is 43.7. The number of amides is 2. The SMILES string of the molecule is CCNC(=O)C1CC(=O)N(Cc2ccc3c(c2)OCO3)C(=Nc2ccc(C(=O)OCC)cc2)S1. The van der Waals surface area contributed by atoms with Crippen molar-refractivity contribution in [1.82, 2.24) is 10.2 Å². The number of thioether (sulfide) groups is 1. The van der Waals surface area contributed by atoms with Crippen LogP contribution in [0.3, 0.4) is 0 Å². The number of ether oxygens (including phenoxy) is 3. The van der Waals surface area contributed by atoms with E-state index in [-0.39, 0.29) is 38.2 Å². The largest absolute Gasteiger partial charge is 0.462 e. The van der Waals surface area contributed by atoms with Crippen molar-refractivity contribution >= 4 is 40.4 Å². The summed E-state index contributed by atoms with van der Waals surface area (Å²) < 4.78 is 15.8. The summed E-state index contributed by atoms with van der Waals surface area (Å²) in [5.74, 6) is 0.478. The zero-order valence-corrected chi connectivity index (χ0v) is 19.7. The lowest BCUT2D eigenvalue weighted by molar-refractivity contribution is -0.130. The molecule has 1 unspecified atom stereocenters. The molecule has 34 heavy (non-hydrogen) atoms. The number of amidine groups is 1. The van der Waals surface area contributed by atoms with Crippen LogP contribution in [0.4, 0.5) is 5.69 Å². The van der Waals surface area contributed by atoms with Crippen molar-refractivity contribution in [2.75, 3.05) is 19.9 Å². The number of aliphatic imine (C=N–C) groups is 1. The summed E-state index contributed by atoms with van der Waals surface area (Å²) in [5.41, 5.74) is 1.81. The van der Waals surface area contributed by atoms with Crippen LogP contribution in [0.2, 0.25) is 0 Å². The van der Waals surface area contributed by atoms with E-state index in [4.69, 9.17) is 14.2 Å². The maximum atomic E-state index is 13.1. The molecule has 9 nitrogen and oxygen atoms in total. The molecule has 2 aliphatic rings. The lowest BCUT2D eigenvalue weighted by atomic mass is 10.1. The molecular formula is C24H25N3O6S. The molecule has 10 heteroatoms. The van der Waals surface area contributed by atoms with E-state index < -0.39 is 11.2 Å². The zero-order chi connectivity index (χ0) is 24.1. The first kappa shape index (κ1) is 23.6. The second-order valence-corrected chi connectivity index (χ2v) is 8.70. The lowest BCUT2D eigenvalue weighted by Gasteiger charge is -2.31. The molecule has 4 rings (SSSR count). The first-order chi connectivity index (χ1) is 16.5. The number of hydrogen-bond acceptors (Lipinski definition) is 8. The van der Waals surface area contributed by atoms with Gasteiger partial charge < -0.3 is 19.5 Å². The van der Waals surface area contributed by atoms with Crippen LogP contribution in [0.25, 0.3) is 0 Å². The molecule has 0 aromatic heterocycles. The van der Waals surface area contributed by atoms with Gasteiger partial charge in [0.25, 0.3) is 0 Å². The number of benzene rings is 2. The standard InChI is InChI=1S/C24H25N3O6S/c1-3-25-22(29)20-12-21(28)27(13-15-5-10-18-19(11-15)33-14-32-18)24(34-20)26-17-8-6-16(7-9-17)23(30)31-4-2/h5-11,20H,3-4,12-14H2,1-2H3,(H,25,29). The fraction of sp³-hybridized carbons (Fsp3) is 0.333. The molecule has 2 aromatic rings. The Balaban J connectivity index is 1.61. The summed E-state index contributed by atoms with van der Waals surface area (Å²) >= 11 is 1.25. The molecule has 1 N–H and O–H groups in total. The number of nitrogens with zero attached hydrogens (tertiary/aromatic N) is 2. The van der Waals surface area contributed by atoms with Crippen molar-refractivity contribution in [2.45, 2.75) is 32.1 Å². The van der Waals surface area contributed by atoms with Crippen LogP contribution in [-0.4, -0.2) is 53.0 Å². The Hall–Kier alpha value is -3.53. The minimum atomic E-state index is -0.571. The molecule has 1 fully saturated rings. The van der Waals surface area contributed by atoms with Crippen LogP contribution in [0.15, 0.2) is 47.5 Å². The summed E-state index contributed by atoms with van der Waals surface area (Å²) in [6, 6.07) is 12.1. The van der Waals surface area contributed by atoms with Crippen LogP contribution < -0.4 is 14.8 Å². The van der Waals surface area contributed by atoms with Crippen molar-refractivity contribution < 1.29 is 28.6 Å². The Labute approximate surface area is 201 Å². The van der Waals surface area contributed by atoms with Gasteiger partial charge in [0.05, 0.1) is 29.7 Å². The Morgan fingerprint density at radius 3 is 2.65 bits per heavy atom. The van der Waals surface area contributed by atoms with E-state index in [1.807, 2.05) is 25.1 Å². The molecule has 0 bridgehead atoms. The molecular weight excluding hydrogens is 458 g/mol. The van der Waals surface area contributed by atoms with Crippen molar-refractivity contribution in [3.05, 3.63) is 53.6 Å². The first-order valence-electron chi connectivity index (χ1n) is 11.0. The van der Waals surface area contributed by atoms with Crippen molar-refractivity contribution in [3.63, 3.8) is 0 Å². The van der Waals surface area contributed by atoms with E-state index >= 15 is 0 Å². The average Bonchev–Trinajstić information content (AvgIpc) is 3.30. The quantitative estimate of drug-likeness (QED) is 0.603. The number of rotatable bonds is 7. The highest BCUT2D eigenvalue weighted by Gasteiger charge is 2.36.